The number of methoxy groups -OCH3 is 3. The average molecular weight is 540 g/mol. The van der Waals surface area contributed by atoms with Crippen LogP contribution in [0.4, 0.5) is 5.69 Å². The first-order valence-electron chi connectivity index (χ1n) is 10.2. The number of anilines is 1. The van der Waals surface area contributed by atoms with Crippen molar-refractivity contribution in [3.63, 3.8) is 0 Å². The first-order chi connectivity index (χ1) is 14.6. The number of benzene rings is 2. The molecule has 0 saturated carbocycles. The van der Waals surface area contributed by atoms with E-state index in [0.29, 0.717) is 29.8 Å². The van der Waals surface area contributed by atoms with E-state index >= 15 is 0 Å². The van der Waals surface area contributed by atoms with Gasteiger partial charge in [-0.15, -0.1) is 24.0 Å². The van der Waals surface area contributed by atoms with Crippen LogP contribution < -0.4 is 29.7 Å². The molecule has 1 aliphatic rings. The Balaban J connectivity index is 0.00000341. The largest absolute Gasteiger partial charge is 0.493 e. The maximum atomic E-state index is 5.57. The fourth-order valence-corrected chi connectivity index (χ4v) is 3.74. The molecule has 170 valence electrons. The Morgan fingerprint density at radius 2 is 1.74 bits per heavy atom. The predicted molar refractivity (Wildman–Crippen MR) is 137 cm³/mol. The van der Waals surface area contributed by atoms with Gasteiger partial charge in [0.1, 0.15) is 0 Å². The highest BCUT2D eigenvalue weighted by Crippen LogP contribution is 2.39. The van der Waals surface area contributed by atoms with Gasteiger partial charge in [0.05, 0.1) is 21.3 Å². The summed E-state index contributed by atoms with van der Waals surface area (Å²) in [6.45, 7) is 4.64. The smallest absolute Gasteiger partial charge is 0.203 e. The molecule has 2 aromatic rings. The molecule has 1 heterocycles. The molecule has 0 bridgehead atoms. The zero-order chi connectivity index (χ0) is 21.5. The molecule has 0 spiro atoms. The van der Waals surface area contributed by atoms with Gasteiger partial charge in [0.25, 0.3) is 0 Å². The molecular formula is C23H33IN4O3. The average Bonchev–Trinajstić information content (AvgIpc) is 3.24. The Labute approximate surface area is 202 Å². The van der Waals surface area contributed by atoms with Crippen LogP contribution in [0.1, 0.15) is 17.5 Å². The maximum Gasteiger partial charge on any atom is 0.203 e. The minimum Gasteiger partial charge on any atom is -0.493 e. The van der Waals surface area contributed by atoms with Gasteiger partial charge in [-0.25, -0.2) is 0 Å². The lowest BCUT2D eigenvalue weighted by atomic mass is 10.1. The highest BCUT2D eigenvalue weighted by atomic mass is 127. The van der Waals surface area contributed by atoms with Gasteiger partial charge >= 0.3 is 0 Å². The number of aryl methyl sites for hydroxylation is 1. The number of rotatable bonds is 7. The van der Waals surface area contributed by atoms with Crippen LogP contribution in [0.2, 0.25) is 0 Å². The van der Waals surface area contributed by atoms with E-state index in [1.165, 1.54) is 11.3 Å². The van der Waals surface area contributed by atoms with E-state index in [1.54, 1.807) is 28.4 Å². The van der Waals surface area contributed by atoms with Crippen LogP contribution in [0.3, 0.4) is 0 Å². The standard InChI is InChI=1S/C23H32N4O3.HI/c1-16-6-9-19(10-7-16)27-13-12-18(15-27)26-23(24-2)25-14-17-8-11-20(28-3)22(30-5)21(17)29-4;/h6-11,18H,12-15H2,1-5H3,(H2,24,25,26);1H. The van der Waals surface area contributed by atoms with Crippen molar-refractivity contribution in [2.45, 2.75) is 25.9 Å². The summed E-state index contributed by atoms with van der Waals surface area (Å²) in [6.07, 6.45) is 1.06. The molecule has 7 nitrogen and oxygen atoms in total. The second-order valence-electron chi connectivity index (χ2n) is 7.33. The second-order valence-corrected chi connectivity index (χ2v) is 7.33. The molecule has 1 fully saturated rings. The first-order valence-corrected chi connectivity index (χ1v) is 10.2. The summed E-state index contributed by atoms with van der Waals surface area (Å²) >= 11 is 0. The molecule has 1 atom stereocenters. The van der Waals surface area contributed by atoms with Crippen molar-refractivity contribution in [3.05, 3.63) is 47.5 Å². The van der Waals surface area contributed by atoms with E-state index in [0.717, 1.165) is 31.0 Å². The molecule has 1 unspecified atom stereocenters. The lowest BCUT2D eigenvalue weighted by Crippen LogP contribution is -2.44. The van der Waals surface area contributed by atoms with Gasteiger partial charge in [0.15, 0.2) is 17.5 Å². The van der Waals surface area contributed by atoms with E-state index in [2.05, 4.69) is 51.7 Å². The van der Waals surface area contributed by atoms with Crippen LogP contribution >= 0.6 is 24.0 Å². The molecule has 3 rings (SSSR count). The van der Waals surface area contributed by atoms with Crippen LogP contribution in [-0.4, -0.2) is 53.5 Å². The highest BCUT2D eigenvalue weighted by molar-refractivity contribution is 14.0. The Kier molecular flexibility index (Phi) is 9.54. The molecule has 0 aliphatic carbocycles. The summed E-state index contributed by atoms with van der Waals surface area (Å²) < 4.78 is 16.4. The third-order valence-corrected chi connectivity index (χ3v) is 5.38. The van der Waals surface area contributed by atoms with Crippen molar-refractivity contribution in [2.75, 3.05) is 46.4 Å². The number of ether oxygens (including phenoxy) is 3. The molecule has 8 heteroatoms. The summed E-state index contributed by atoms with van der Waals surface area (Å²) in [6, 6.07) is 12.9. The Bertz CT molecular complexity index is 874. The van der Waals surface area contributed by atoms with Gasteiger partial charge in [0, 0.05) is 44.0 Å². The van der Waals surface area contributed by atoms with Crippen molar-refractivity contribution in [2.24, 2.45) is 4.99 Å². The molecular weight excluding hydrogens is 507 g/mol. The number of nitrogens with one attached hydrogen (secondary N) is 2. The molecule has 2 N–H and O–H groups in total. The van der Waals surface area contributed by atoms with Crippen molar-refractivity contribution < 1.29 is 14.2 Å². The summed E-state index contributed by atoms with van der Waals surface area (Å²) in [7, 11) is 6.64. The SMILES string of the molecule is CN=C(NCc1ccc(OC)c(OC)c1OC)NC1CCN(c2ccc(C)cc2)C1.I. The predicted octanol–water partition coefficient (Wildman–Crippen LogP) is 3.58. The number of guanidine groups is 1. The number of aliphatic imine (C=N–C) groups is 1. The molecule has 2 aromatic carbocycles. The van der Waals surface area contributed by atoms with Crippen LogP contribution in [0.25, 0.3) is 0 Å². The van der Waals surface area contributed by atoms with E-state index in [1.807, 2.05) is 12.1 Å². The quantitative estimate of drug-likeness (QED) is 0.318. The first kappa shape index (κ1) is 24.9. The Morgan fingerprint density at radius 1 is 1.03 bits per heavy atom. The molecule has 1 saturated heterocycles. The Hall–Kier alpha value is -2.36. The number of nitrogens with zero attached hydrogens (tertiary/aromatic N) is 2. The number of hydrogen-bond acceptors (Lipinski definition) is 5. The maximum absolute atomic E-state index is 5.57. The van der Waals surface area contributed by atoms with E-state index in [-0.39, 0.29) is 24.0 Å². The topological polar surface area (TPSA) is 67.4 Å². The van der Waals surface area contributed by atoms with Crippen LogP contribution in [-0.2, 0) is 6.54 Å². The van der Waals surface area contributed by atoms with Crippen molar-refractivity contribution in [3.8, 4) is 17.2 Å². The summed E-state index contributed by atoms with van der Waals surface area (Å²) in [5.41, 5.74) is 3.51. The zero-order valence-electron chi connectivity index (χ0n) is 18.9. The van der Waals surface area contributed by atoms with Gasteiger partial charge in [-0.1, -0.05) is 17.7 Å². The fraction of sp³-hybridized carbons (Fsp3) is 0.435. The van der Waals surface area contributed by atoms with Crippen molar-refractivity contribution in [1.29, 1.82) is 0 Å². The summed E-state index contributed by atoms with van der Waals surface area (Å²) in [5, 5.41) is 6.92. The second kappa shape index (κ2) is 11.9. The van der Waals surface area contributed by atoms with Crippen LogP contribution in [0, 0.1) is 6.92 Å². The van der Waals surface area contributed by atoms with Gasteiger partial charge < -0.3 is 29.7 Å². The lowest BCUT2D eigenvalue weighted by molar-refractivity contribution is 0.322. The minimum absolute atomic E-state index is 0. The monoisotopic (exact) mass is 540 g/mol. The van der Waals surface area contributed by atoms with Gasteiger partial charge in [-0.2, -0.15) is 0 Å². The number of halogens is 1. The van der Waals surface area contributed by atoms with Crippen molar-refractivity contribution in [1.82, 2.24) is 10.6 Å². The van der Waals surface area contributed by atoms with Gasteiger partial charge in [-0.3, -0.25) is 4.99 Å². The third kappa shape index (κ3) is 6.09. The van der Waals surface area contributed by atoms with Crippen LogP contribution in [0.15, 0.2) is 41.4 Å². The molecule has 31 heavy (non-hydrogen) atoms. The van der Waals surface area contributed by atoms with E-state index in [9.17, 15) is 0 Å². The Morgan fingerprint density at radius 3 is 2.35 bits per heavy atom. The number of hydrogen-bond donors (Lipinski definition) is 2. The molecule has 0 radical (unpaired) electrons. The van der Waals surface area contributed by atoms with Gasteiger partial charge in [0.2, 0.25) is 5.75 Å². The molecule has 0 aromatic heterocycles. The highest BCUT2D eigenvalue weighted by Gasteiger charge is 2.23. The minimum atomic E-state index is 0. The molecule has 0 amide bonds. The normalized spacial score (nSPS) is 15.8. The third-order valence-electron chi connectivity index (χ3n) is 5.38. The van der Waals surface area contributed by atoms with E-state index < -0.39 is 0 Å². The van der Waals surface area contributed by atoms with E-state index in [4.69, 9.17) is 14.2 Å². The molecule has 1 aliphatic heterocycles. The lowest BCUT2D eigenvalue weighted by Gasteiger charge is -2.21. The van der Waals surface area contributed by atoms with Crippen molar-refractivity contribution >= 4 is 35.6 Å². The summed E-state index contributed by atoms with van der Waals surface area (Å²) in [5.74, 6) is 2.66. The summed E-state index contributed by atoms with van der Waals surface area (Å²) in [4.78, 5) is 6.79. The van der Waals surface area contributed by atoms with Gasteiger partial charge in [-0.05, 0) is 37.6 Å². The zero-order valence-corrected chi connectivity index (χ0v) is 21.2. The fourth-order valence-electron chi connectivity index (χ4n) is 3.74. The van der Waals surface area contributed by atoms with Crippen LogP contribution in [0.5, 0.6) is 17.2 Å².